The van der Waals surface area contributed by atoms with Crippen LogP contribution < -0.4 is 5.32 Å². The molecule has 0 aromatic rings. The quantitative estimate of drug-likeness (QED) is 0.742. The van der Waals surface area contributed by atoms with Gasteiger partial charge in [0.2, 0.25) is 0 Å². The molecule has 3 atom stereocenters. The first-order valence-corrected chi connectivity index (χ1v) is 8.23. The second-order valence-electron chi connectivity index (χ2n) is 6.17. The molecule has 0 aromatic carbocycles. The van der Waals surface area contributed by atoms with E-state index in [4.69, 9.17) is 4.74 Å². The summed E-state index contributed by atoms with van der Waals surface area (Å²) in [5.41, 5.74) is 0.661. The fourth-order valence-electron chi connectivity index (χ4n) is 4.07. The van der Waals surface area contributed by atoms with Crippen LogP contribution in [-0.4, -0.2) is 36.2 Å². The highest BCUT2D eigenvalue weighted by atomic mass is 32.2. The Morgan fingerprint density at radius 3 is 2.83 bits per heavy atom. The molecule has 3 rings (SSSR count). The summed E-state index contributed by atoms with van der Waals surface area (Å²) < 4.78 is 4.85. The maximum atomic E-state index is 11.6. The summed E-state index contributed by atoms with van der Waals surface area (Å²) in [6.07, 6.45) is 9.71. The molecule has 2 saturated carbocycles. The molecular formula is C14H23NO2S. The Morgan fingerprint density at radius 1 is 1.33 bits per heavy atom. The van der Waals surface area contributed by atoms with E-state index in [-0.39, 0.29) is 12.0 Å². The van der Waals surface area contributed by atoms with Crippen molar-refractivity contribution < 1.29 is 9.53 Å². The van der Waals surface area contributed by atoms with Gasteiger partial charge in [-0.15, -0.1) is 0 Å². The van der Waals surface area contributed by atoms with Gasteiger partial charge in [-0.2, -0.15) is 11.8 Å². The average Bonchev–Trinajstić information content (AvgIpc) is 2.85. The van der Waals surface area contributed by atoms with Crippen molar-refractivity contribution in [1.82, 2.24) is 5.32 Å². The van der Waals surface area contributed by atoms with Gasteiger partial charge in [0.1, 0.15) is 6.04 Å². The Bertz CT molecular complexity index is 328. The van der Waals surface area contributed by atoms with E-state index in [2.05, 4.69) is 5.32 Å². The molecule has 1 aliphatic heterocycles. The van der Waals surface area contributed by atoms with Crippen molar-refractivity contribution in [1.29, 1.82) is 0 Å². The molecule has 3 nitrogen and oxygen atoms in total. The molecule has 0 amide bonds. The van der Waals surface area contributed by atoms with Gasteiger partial charge in [-0.1, -0.05) is 12.8 Å². The third-order valence-electron chi connectivity index (χ3n) is 5.11. The van der Waals surface area contributed by atoms with Crippen molar-refractivity contribution >= 4 is 17.7 Å². The summed E-state index contributed by atoms with van der Waals surface area (Å²) in [5, 5.41) is 4.24. The number of hydrogen-bond acceptors (Lipinski definition) is 4. The Hall–Kier alpha value is -0.220. The lowest BCUT2D eigenvalue weighted by atomic mass is 9.71. The van der Waals surface area contributed by atoms with Crippen molar-refractivity contribution in [3.05, 3.63) is 0 Å². The first-order chi connectivity index (χ1) is 8.72. The van der Waals surface area contributed by atoms with Gasteiger partial charge >= 0.3 is 5.97 Å². The summed E-state index contributed by atoms with van der Waals surface area (Å²) in [7, 11) is 1.48. The van der Waals surface area contributed by atoms with Crippen molar-refractivity contribution in [2.24, 2.45) is 5.41 Å². The number of ether oxygens (including phenoxy) is 1. The van der Waals surface area contributed by atoms with Crippen LogP contribution in [0.25, 0.3) is 0 Å². The van der Waals surface area contributed by atoms with Crippen LogP contribution in [0, 0.1) is 5.41 Å². The Morgan fingerprint density at radius 2 is 2.11 bits per heavy atom. The summed E-state index contributed by atoms with van der Waals surface area (Å²) >= 11 is 2.00. The average molecular weight is 269 g/mol. The monoisotopic (exact) mass is 269 g/mol. The van der Waals surface area contributed by atoms with Crippen LogP contribution in [0.5, 0.6) is 0 Å². The van der Waals surface area contributed by atoms with Crippen LogP contribution in [0.2, 0.25) is 0 Å². The summed E-state index contributed by atoms with van der Waals surface area (Å²) in [6, 6.07) is 0.443. The highest BCUT2D eigenvalue weighted by Gasteiger charge is 2.45. The van der Waals surface area contributed by atoms with Crippen LogP contribution in [-0.2, 0) is 9.53 Å². The van der Waals surface area contributed by atoms with Gasteiger partial charge in [0.25, 0.3) is 0 Å². The minimum absolute atomic E-state index is 0.0844. The molecule has 1 spiro atoms. The van der Waals surface area contributed by atoms with Crippen molar-refractivity contribution in [2.45, 2.75) is 62.3 Å². The number of thioether (sulfide) groups is 1. The number of fused-ring (bicyclic) bond motifs is 1. The zero-order valence-corrected chi connectivity index (χ0v) is 11.9. The number of rotatable bonds is 1. The number of esters is 1. The summed E-state index contributed by atoms with van der Waals surface area (Å²) in [6.45, 7) is 0. The minimum Gasteiger partial charge on any atom is -0.468 e. The Kier molecular flexibility index (Phi) is 3.59. The number of carbonyl (C=O) groups is 1. The molecule has 0 aromatic heterocycles. The van der Waals surface area contributed by atoms with Gasteiger partial charge in [0.15, 0.2) is 0 Å². The predicted molar refractivity (Wildman–Crippen MR) is 73.7 cm³/mol. The first-order valence-electron chi connectivity index (χ1n) is 7.18. The zero-order valence-electron chi connectivity index (χ0n) is 11.1. The Labute approximate surface area is 113 Å². The second kappa shape index (κ2) is 5.04. The Balaban J connectivity index is 1.62. The molecule has 18 heavy (non-hydrogen) atoms. The number of methoxy groups -OCH3 is 1. The minimum atomic E-state index is -0.0953. The van der Waals surface area contributed by atoms with Gasteiger partial charge in [0.05, 0.1) is 7.11 Å². The van der Waals surface area contributed by atoms with Gasteiger partial charge < -0.3 is 4.74 Å². The van der Waals surface area contributed by atoms with Crippen molar-refractivity contribution in [3.8, 4) is 0 Å². The van der Waals surface area contributed by atoms with E-state index in [0.29, 0.717) is 11.5 Å². The molecule has 1 heterocycles. The van der Waals surface area contributed by atoms with E-state index in [0.717, 1.165) is 11.0 Å². The maximum Gasteiger partial charge on any atom is 0.323 e. The molecule has 3 fully saturated rings. The smallest absolute Gasteiger partial charge is 0.323 e. The predicted octanol–water partition coefficient (Wildman–Crippen LogP) is 2.35. The summed E-state index contributed by atoms with van der Waals surface area (Å²) in [5.74, 6) is 0.784. The lowest BCUT2D eigenvalue weighted by Crippen LogP contribution is -2.56. The van der Waals surface area contributed by atoms with Crippen LogP contribution in [0.15, 0.2) is 0 Å². The fourth-order valence-corrected chi connectivity index (χ4v) is 5.66. The molecule has 3 unspecified atom stereocenters. The zero-order chi connectivity index (χ0) is 12.6. The third kappa shape index (κ3) is 2.29. The third-order valence-corrected chi connectivity index (χ3v) is 6.56. The molecule has 2 aliphatic carbocycles. The normalized spacial score (nSPS) is 38.4. The molecule has 1 saturated heterocycles. The molecule has 1 N–H and O–H groups in total. The first kappa shape index (κ1) is 12.8. The number of carbonyl (C=O) groups excluding carboxylic acids is 1. The van der Waals surface area contributed by atoms with Gasteiger partial charge in [-0.25, -0.2) is 0 Å². The van der Waals surface area contributed by atoms with E-state index in [9.17, 15) is 4.79 Å². The topological polar surface area (TPSA) is 38.3 Å². The molecule has 0 radical (unpaired) electrons. The van der Waals surface area contributed by atoms with Crippen LogP contribution in [0.1, 0.15) is 44.9 Å². The van der Waals surface area contributed by atoms with E-state index < -0.39 is 0 Å². The highest BCUT2D eigenvalue weighted by Crippen LogP contribution is 2.52. The lowest BCUT2D eigenvalue weighted by Gasteiger charge is -2.46. The fraction of sp³-hybridized carbons (Fsp3) is 0.929. The van der Waals surface area contributed by atoms with Crippen molar-refractivity contribution in [3.63, 3.8) is 0 Å². The van der Waals surface area contributed by atoms with Crippen LogP contribution in [0.3, 0.4) is 0 Å². The largest absolute Gasteiger partial charge is 0.468 e. The van der Waals surface area contributed by atoms with E-state index in [1.165, 1.54) is 52.1 Å². The van der Waals surface area contributed by atoms with Crippen molar-refractivity contribution in [2.75, 3.05) is 12.9 Å². The summed E-state index contributed by atoms with van der Waals surface area (Å²) in [4.78, 5) is 11.6. The highest BCUT2D eigenvalue weighted by molar-refractivity contribution is 8.00. The van der Waals surface area contributed by atoms with Gasteiger partial charge in [-0.3, -0.25) is 10.1 Å². The van der Waals surface area contributed by atoms with Gasteiger partial charge in [-0.05, 0) is 37.5 Å². The van der Waals surface area contributed by atoms with E-state index in [1.54, 1.807) is 0 Å². The van der Waals surface area contributed by atoms with E-state index >= 15 is 0 Å². The number of nitrogens with one attached hydrogen (secondary N) is 1. The molecule has 0 bridgehead atoms. The number of hydrogen-bond donors (Lipinski definition) is 1. The second-order valence-corrected chi connectivity index (χ2v) is 7.44. The van der Waals surface area contributed by atoms with Gasteiger partial charge in [0, 0.05) is 17.0 Å². The van der Waals surface area contributed by atoms with E-state index in [1.807, 2.05) is 11.8 Å². The SMILES string of the molecule is COC(=O)C1CSC2CC3(CCCC3)CCC2N1. The molecular weight excluding hydrogens is 246 g/mol. The van der Waals surface area contributed by atoms with Crippen LogP contribution in [0.4, 0.5) is 0 Å². The molecule has 102 valence electrons. The molecule has 4 heteroatoms. The molecule has 3 aliphatic rings. The maximum absolute atomic E-state index is 11.6. The van der Waals surface area contributed by atoms with Crippen LogP contribution >= 0.6 is 11.8 Å². The standard InChI is InChI=1S/C14H23NO2S/c1-17-13(16)11-9-18-12-8-14(5-2-3-6-14)7-4-10(12)15-11/h10-12,15H,2-9H2,1H3. The lowest BCUT2D eigenvalue weighted by molar-refractivity contribution is -0.142.